The van der Waals surface area contributed by atoms with Crippen LogP contribution in [0.25, 0.3) is 11.2 Å². The van der Waals surface area contributed by atoms with Gasteiger partial charge in [0.2, 0.25) is 17.8 Å². The van der Waals surface area contributed by atoms with Gasteiger partial charge >= 0.3 is 0 Å². The van der Waals surface area contributed by atoms with Crippen LogP contribution in [0.1, 0.15) is 57.4 Å². The number of para-hydroxylation sites is 1. The molecule has 5 N–H and O–H groups in total. The van der Waals surface area contributed by atoms with Crippen LogP contribution in [0.5, 0.6) is 0 Å². The molecule has 0 unspecified atom stereocenters. The number of nitrogens with one attached hydrogen (secondary N) is 2. The smallest absolute Gasteiger partial charge is 0.224 e. The Morgan fingerprint density at radius 2 is 1.86 bits per heavy atom. The summed E-state index contributed by atoms with van der Waals surface area (Å²) < 4.78 is 2.10. The van der Waals surface area contributed by atoms with Crippen molar-refractivity contribution in [2.24, 2.45) is 11.7 Å². The average Bonchev–Trinajstić information content (AvgIpc) is 3.39. The lowest BCUT2D eigenvalue weighted by atomic mass is 9.84. The van der Waals surface area contributed by atoms with Gasteiger partial charge in [-0.05, 0) is 63.0 Å². The minimum atomic E-state index is -0.284. The highest BCUT2D eigenvalue weighted by Gasteiger charge is 2.29. The van der Waals surface area contributed by atoms with Gasteiger partial charge in [-0.1, -0.05) is 29.3 Å². The van der Waals surface area contributed by atoms with Gasteiger partial charge in [-0.2, -0.15) is 4.98 Å². The van der Waals surface area contributed by atoms with Crippen LogP contribution in [0.3, 0.4) is 0 Å². The number of imidazole rings is 1. The Kier molecular flexibility index (Phi) is 7.00. The molecule has 35 heavy (non-hydrogen) atoms. The van der Waals surface area contributed by atoms with E-state index < -0.39 is 0 Å². The number of fused-ring (bicyclic) bond motifs is 1. The van der Waals surface area contributed by atoms with Gasteiger partial charge in [-0.3, -0.25) is 9.36 Å². The highest BCUT2D eigenvalue weighted by atomic mass is 35.5. The van der Waals surface area contributed by atoms with Gasteiger partial charge in [0.1, 0.15) is 5.52 Å². The summed E-state index contributed by atoms with van der Waals surface area (Å²) in [4.78, 5) is 25.5. The number of carbonyl (C=O) groups excluding carboxylic acids is 1. The summed E-state index contributed by atoms with van der Waals surface area (Å²) in [5.74, 6) is 1.16. The third-order valence-electron chi connectivity index (χ3n) is 7.04. The molecule has 2 fully saturated rings. The first-order valence-electron chi connectivity index (χ1n) is 12.1. The van der Waals surface area contributed by atoms with E-state index in [1.807, 2.05) is 0 Å². The van der Waals surface area contributed by atoms with Gasteiger partial charge in [0, 0.05) is 18.5 Å². The van der Waals surface area contributed by atoms with E-state index in [9.17, 15) is 9.90 Å². The fraction of sp³-hybridized carbons (Fsp3) is 0.500. The van der Waals surface area contributed by atoms with Crippen LogP contribution < -0.4 is 16.4 Å². The Morgan fingerprint density at radius 1 is 1.11 bits per heavy atom. The molecule has 0 spiro atoms. The largest absolute Gasteiger partial charge is 0.393 e. The predicted molar refractivity (Wildman–Crippen MR) is 137 cm³/mol. The van der Waals surface area contributed by atoms with E-state index in [1.54, 1.807) is 24.4 Å². The lowest BCUT2D eigenvalue weighted by molar-refractivity contribution is -0.119. The Morgan fingerprint density at radius 3 is 2.51 bits per heavy atom. The molecule has 2 aliphatic rings. The number of amides is 1. The van der Waals surface area contributed by atoms with Gasteiger partial charge in [0.25, 0.3) is 0 Å². The van der Waals surface area contributed by atoms with Crippen LogP contribution in [0.2, 0.25) is 10.0 Å². The maximum Gasteiger partial charge on any atom is 0.224 e. The van der Waals surface area contributed by atoms with Crippen LogP contribution in [-0.2, 0) is 4.79 Å². The molecular weight excluding hydrogens is 489 g/mol. The van der Waals surface area contributed by atoms with Gasteiger partial charge in [0.15, 0.2) is 5.65 Å². The SMILES string of the molecule is NC(=O)C[C@H]1CC[C@@H](n2c(Nc3c(Cl)cccc3Cl)nc3cnc(N[C@H]4CC[C@H](O)C4)nc32)CC1. The molecule has 2 atom stereocenters. The van der Waals surface area contributed by atoms with E-state index in [-0.39, 0.29) is 24.1 Å². The molecule has 1 amide bonds. The molecule has 3 aromatic rings. The normalized spacial score (nSPS) is 24.5. The van der Waals surface area contributed by atoms with Crippen LogP contribution in [0, 0.1) is 5.92 Å². The van der Waals surface area contributed by atoms with Crippen LogP contribution in [0.15, 0.2) is 24.4 Å². The first-order chi connectivity index (χ1) is 16.9. The number of nitrogens with two attached hydrogens (primary N) is 1. The lowest BCUT2D eigenvalue weighted by Gasteiger charge is -2.30. The minimum absolute atomic E-state index is 0.129. The van der Waals surface area contributed by atoms with Crippen molar-refractivity contribution in [3.63, 3.8) is 0 Å². The molecule has 2 heterocycles. The second kappa shape index (κ2) is 10.2. The number of aliphatic hydroxyl groups excluding tert-OH is 1. The average molecular weight is 518 g/mol. The standard InChI is InChI=1S/C24H29Cl2N7O2/c25-17-2-1-3-18(26)21(17)31-24-30-19-12-28-23(29-14-6-9-16(34)11-14)32-22(19)33(24)15-7-4-13(5-8-15)10-20(27)35/h1-3,12-16,34H,4-11H2,(H2,27,35)(H,30,31)(H,28,29,32)/t13-,14-,15+,16-/m0/s1. The summed E-state index contributed by atoms with van der Waals surface area (Å²) in [5, 5.41) is 17.6. The van der Waals surface area contributed by atoms with Gasteiger partial charge in [-0.25, -0.2) is 9.97 Å². The quantitative estimate of drug-likeness (QED) is 0.353. The Balaban J connectivity index is 1.49. The Hall–Kier alpha value is -2.62. The molecule has 0 bridgehead atoms. The highest BCUT2D eigenvalue weighted by Crippen LogP contribution is 2.39. The molecular formula is C24H29Cl2N7O2. The third kappa shape index (κ3) is 5.32. The first-order valence-corrected chi connectivity index (χ1v) is 12.8. The number of halogens is 2. The number of nitrogens with zero attached hydrogens (tertiary/aromatic N) is 4. The van der Waals surface area contributed by atoms with E-state index in [2.05, 4.69) is 20.2 Å². The summed E-state index contributed by atoms with van der Waals surface area (Å²) >= 11 is 12.9. The topological polar surface area (TPSA) is 131 Å². The molecule has 186 valence electrons. The predicted octanol–water partition coefficient (Wildman–Crippen LogP) is 4.81. The van der Waals surface area contributed by atoms with E-state index in [0.717, 1.165) is 38.5 Å². The number of hydrogen-bond donors (Lipinski definition) is 4. The van der Waals surface area contributed by atoms with Crippen molar-refractivity contribution in [3.8, 4) is 0 Å². The summed E-state index contributed by atoms with van der Waals surface area (Å²) in [6.45, 7) is 0. The van der Waals surface area contributed by atoms with E-state index in [0.29, 0.717) is 57.6 Å². The summed E-state index contributed by atoms with van der Waals surface area (Å²) in [5.41, 5.74) is 7.39. The molecule has 11 heteroatoms. The van der Waals surface area contributed by atoms with Crippen molar-refractivity contribution in [2.75, 3.05) is 10.6 Å². The van der Waals surface area contributed by atoms with Crippen molar-refractivity contribution in [1.82, 2.24) is 19.5 Å². The molecule has 2 aliphatic carbocycles. The number of primary amides is 1. The number of rotatable bonds is 7. The molecule has 0 radical (unpaired) electrons. The monoisotopic (exact) mass is 517 g/mol. The molecule has 0 aliphatic heterocycles. The van der Waals surface area contributed by atoms with Gasteiger partial charge in [0.05, 0.1) is 28.0 Å². The lowest BCUT2D eigenvalue weighted by Crippen LogP contribution is -2.23. The summed E-state index contributed by atoms with van der Waals surface area (Å²) in [7, 11) is 0. The van der Waals surface area contributed by atoms with Gasteiger partial charge < -0.3 is 21.5 Å². The molecule has 1 aromatic carbocycles. The van der Waals surface area contributed by atoms with E-state index in [1.165, 1.54) is 0 Å². The highest BCUT2D eigenvalue weighted by molar-refractivity contribution is 6.39. The van der Waals surface area contributed by atoms with Crippen molar-refractivity contribution in [3.05, 3.63) is 34.4 Å². The number of aliphatic hydroxyl groups is 1. The number of anilines is 3. The Bertz CT molecular complexity index is 1210. The minimum Gasteiger partial charge on any atom is -0.393 e. The van der Waals surface area contributed by atoms with Crippen LogP contribution >= 0.6 is 23.2 Å². The van der Waals surface area contributed by atoms with Crippen molar-refractivity contribution >= 4 is 57.9 Å². The maximum atomic E-state index is 11.4. The van der Waals surface area contributed by atoms with E-state index in [4.69, 9.17) is 38.9 Å². The number of benzene rings is 1. The number of aromatic nitrogens is 4. The van der Waals surface area contributed by atoms with Crippen LogP contribution in [-0.4, -0.2) is 42.7 Å². The zero-order valence-corrected chi connectivity index (χ0v) is 20.8. The number of carbonyl (C=O) groups is 1. The van der Waals surface area contributed by atoms with Crippen LogP contribution in [0.4, 0.5) is 17.6 Å². The summed E-state index contributed by atoms with van der Waals surface area (Å²) in [6, 6.07) is 5.61. The zero-order chi connectivity index (χ0) is 24.5. The fourth-order valence-electron chi connectivity index (χ4n) is 5.29. The third-order valence-corrected chi connectivity index (χ3v) is 7.67. The molecule has 9 nitrogen and oxygen atoms in total. The number of hydrogen-bond acceptors (Lipinski definition) is 7. The molecule has 2 aromatic heterocycles. The van der Waals surface area contributed by atoms with Crippen molar-refractivity contribution in [2.45, 2.75) is 69.6 Å². The first kappa shape index (κ1) is 24.1. The zero-order valence-electron chi connectivity index (χ0n) is 19.3. The maximum absolute atomic E-state index is 11.4. The fourth-order valence-corrected chi connectivity index (χ4v) is 5.78. The van der Waals surface area contributed by atoms with Crippen molar-refractivity contribution in [1.29, 1.82) is 0 Å². The second-order valence-electron chi connectivity index (χ2n) is 9.58. The molecule has 0 saturated heterocycles. The molecule has 2 saturated carbocycles. The van der Waals surface area contributed by atoms with Crippen molar-refractivity contribution < 1.29 is 9.90 Å². The molecule has 5 rings (SSSR count). The Labute approximate surface area is 213 Å². The van der Waals surface area contributed by atoms with E-state index >= 15 is 0 Å². The summed E-state index contributed by atoms with van der Waals surface area (Å²) in [6.07, 6.45) is 7.72. The van der Waals surface area contributed by atoms with Gasteiger partial charge in [-0.15, -0.1) is 0 Å². The second-order valence-corrected chi connectivity index (χ2v) is 10.4.